The number of nitrogens with one attached hydrogen (secondary N) is 1. The fourth-order valence-electron chi connectivity index (χ4n) is 2.33. The van der Waals surface area contributed by atoms with Gasteiger partial charge in [0, 0.05) is 23.7 Å². The maximum absolute atomic E-state index is 13.6. The molecule has 0 radical (unpaired) electrons. The number of ether oxygens (including phenoxy) is 1. The highest BCUT2D eigenvalue weighted by Crippen LogP contribution is 2.20. The number of amides is 1. The number of nitrogens with zero attached hydrogens (tertiary/aromatic N) is 1. The number of halogens is 1. The zero-order valence-corrected chi connectivity index (χ0v) is 15.4. The molecule has 27 heavy (non-hydrogen) atoms. The molecule has 1 N–H and O–H groups in total. The van der Waals surface area contributed by atoms with Crippen LogP contribution in [0, 0.1) is 5.82 Å². The number of hydrogen-bond acceptors (Lipinski definition) is 4. The topological polar surface area (TPSA) is 51.2 Å². The lowest BCUT2D eigenvalue weighted by molar-refractivity contribution is -0.118. The summed E-state index contributed by atoms with van der Waals surface area (Å²) in [5, 5.41) is 2.82. The molecule has 0 aliphatic carbocycles. The minimum atomic E-state index is -0.315. The molecule has 2 aromatic carbocycles. The number of thioether (sulfide) groups is 1. The third-order valence-electron chi connectivity index (χ3n) is 3.71. The summed E-state index contributed by atoms with van der Waals surface area (Å²) in [7, 11) is 0. The molecule has 0 unspecified atom stereocenters. The Balaban J connectivity index is 1.46. The van der Waals surface area contributed by atoms with Crippen LogP contribution in [0.3, 0.4) is 0 Å². The van der Waals surface area contributed by atoms with Crippen molar-refractivity contribution in [2.75, 3.05) is 5.75 Å². The van der Waals surface area contributed by atoms with Crippen molar-refractivity contribution in [1.29, 1.82) is 0 Å². The van der Waals surface area contributed by atoms with Crippen LogP contribution in [-0.2, 0) is 17.9 Å². The highest BCUT2D eigenvalue weighted by atomic mass is 32.2. The monoisotopic (exact) mass is 382 g/mol. The second-order valence-corrected chi connectivity index (χ2v) is 6.79. The maximum atomic E-state index is 13.6. The summed E-state index contributed by atoms with van der Waals surface area (Å²) in [4.78, 5) is 16.6. The van der Waals surface area contributed by atoms with Crippen LogP contribution in [0.4, 0.5) is 4.39 Å². The molecule has 0 aliphatic rings. The highest BCUT2D eigenvalue weighted by molar-refractivity contribution is 8.00. The molecule has 0 fully saturated rings. The fourth-order valence-corrected chi connectivity index (χ4v) is 3.10. The molecule has 6 heteroatoms. The van der Waals surface area contributed by atoms with Crippen LogP contribution in [0.5, 0.6) is 5.88 Å². The number of hydrogen-bond donors (Lipinski definition) is 1. The van der Waals surface area contributed by atoms with E-state index in [-0.39, 0.29) is 17.5 Å². The molecule has 1 heterocycles. The van der Waals surface area contributed by atoms with Gasteiger partial charge in [0.1, 0.15) is 12.4 Å². The largest absolute Gasteiger partial charge is 0.473 e. The number of rotatable bonds is 8. The summed E-state index contributed by atoms with van der Waals surface area (Å²) in [5.41, 5.74) is 1.94. The molecule has 3 aromatic rings. The molecule has 3 rings (SSSR count). The van der Waals surface area contributed by atoms with Gasteiger partial charge in [-0.05, 0) is 29.3 Å². The Morgan fingerprint density at radius 1 is 1.04 bits per heavy atom. The molecule has 4 nitrogen and oxygen atoms in total. The standard InChI is InChI=1S/C21H19FN2O2S/c22-18-8-4-5-9-19(18)27-15-20(25)24-13-17-10-11-23-21(12-17)26-14-16-6-2-1-3-7-16/h1-12H,13-15H2,(H,24,25). The number of pyridine rings is 1. The van der Waals surface area contributed by atoms with E-state index >= 15 is 0 Å². The first-order valence-electron chi connectivity index (χ1n) is 8.46. The SMILES string of the molecule is O=C(CSc1ccccc1F)NCc1ccnc(OCc2ccccc2)c1. The third kappa shape index (κ3) is 6.11. The van der Waals surface area contributed by atoms with E-state index in [1.807, 2.05) is 36.4 Å². The molecular weight excluding hydrogens is 363 g/mol. The minimum absolute atomic E-state index is 0.156. The molecule has 0 spiro atoms. The lowest BCUT2D eigenvalue weighted by Gasteiger charge is -2.08. The molecule has 0 bridgehead atoms. The van der Waals surface area contributed by atoms with E-state index in [2.05, 4.69) is 10.3 Å². The van der Waals surface area contributed by atoms with Crippen LogP contribution < -0.4 is 10.1 Å². The molecular formula is C21H19FN2O2S. The van der Waals surface area contributed by atoms with Gasteiger partial charge in [-0.1, -0.05) is 42.5 Å². The van der Waals surface area contributed by atoms with Gasteiger partial charge in [0.05, 0.1) is 5.75 Å². The van der Waals surface area contributed by atoms with Crippen molar-refractivity contribution in [3.8, 4) is 5.88 Å². The Kier molecular flexibility index (Phi) is 6.82. The summed E-state index contributed by atoms with van der Waals surface area (Å²) < 4.78 is 19.2. The Hall–Kier alpha value is -2.86. The minimum Gasteiger partial charge on any atom is -0.473 e. The first-order valence-corrected chi connectivity index (χ1v) is 9.45. The first kappa shape index (κ1) is 18.9. The third-order valence-corrected chi connectivity index (χ3v) is 4.76. The van der Waals surface area contributed by atoms with Crippen molar-refractivity contribution in [3.05, 3.63) is 89.9 Å². The van der Waals surface area contributed by atoms with Crippen LogP contribution in [0.25, 0.3) is 0 Å². The van der Waals surface area contributed by atoms with E-state index < -0.39 is 0 Å². The van der Waals surface area contributed by atoms with E-state index in [1.54, 1.807) is 30.5 Å². The average Bonchev–Trinajstić information content (AvgIpc) is 2.71. The van der Waals surface area contributed by atoms with E-state index in [4.69, 9.17) is 4.74 Å². The molecule has 0 atom stereocenters. The van der Waals surface area contributed by atoms with E-state index in [0.717, 1.165) is 11.1 Å². The zero-order valence-electron chi connectivity index (χ0n) is 14.6. The Bertz CT molecular complexity index is 890. The van der Waals surface area contributed by atoms with Gasteiger partial charge in [-0.3, -0.25) is 4.79 Å². The van der Waals surface area contributed by atoms with Gasteiger partial charge in [0.15, 0.2) is 0 Å². The van der Waals surface area contributed by atoms with Crippen molar-refractivity contribution < 1.29 is 13.9 Å². The molecule has 138 valence electrons. The van der Waals surface area contributed by atoms with Crippen molar-refractivity contribution in [2.45, 2.75) is 18.0 Å². The van der Waals surface area contributed by atoms with Crippen molar-refractivity contribution >= 4 is 17.7 Å². The normalized spacial score (nSPS) is 10.4. The predicted octanol–water partition coefficient (Wildman–Crippen LogP) is 4.21. The van der Waals surface area contributed by atoms with E-state index in [1.165, 1.54) is 17.8 Å². The second-order valence-electron chi connectivity index (χ2n) is 5.77. The van der Waals surface area contributed by atoms with Gasteiger partial charge in [-0.2, -0.15) is 0 Å². The lowest BCUT2D eigenvalue weighted by atomic mass is 10.2. The van der Waals surface area contributed by atoms with Gasteiger partial charge in [-0.25, -0.2) is 9.37 Å². The number of benzene rings is 2. The predicted molar refractivity (Wildman–Crippen MR) is 104 cm³/mol. The van der Waals surface area contributed by atoms with E-state index in [0.29, 0.717) is 23.9 Å². The van der Waals surface area contributed by atoms with Gasteiger partial charge >= 0.3 is 0 Å². The smallest absolute Gasteiger partial charge is 0.230 e. The molecule has 1 amide bonds. The van der Waals surface area contributed by atoms with Crippen LogP contribution in [-0.4, -0.2) is 16.6 Å². The molecule has 0 saturated heterocycles. The Morgan fingerprint density at radius 2 is 1.81 bits per heavy atom. The number of carbonyl (C=O) groups excluding carboxylic acids is 1. The Labute approximate surface area is 161 Å². The Morgan fingerprint density at radius 3 is 2.63 bits per heavy atom. The summed E-state index contributed by atoms with van der Waals surface area (Å²) in [6, 6.07) is 19.9. The van der Waals surface area contributed by atoms with Crippen LogP contribution in [0.1, 0.15) is 11.1 Å². The lowest BCUT2D eigenvalue weighted by Crippen LogP contribution is -2.24. The summed E-state index contributed by atoms with van der Waals surface area (Å²) in [6.07, 6.45) is 1.65. The van der Waals surface area contributed by atoms with Crippen molar-refractivity contribution in [1.82, 2.24) is 10.3 Å². The maximum Gasteiger partial charge on any atom is 0.230 e. The highest BCUT2D eigenvalue weighted by Gasteiger charge is 2.07. The second kappa shape index (κ2) is 9.73. The zero-order chi connectivity index (χ0) is 18.9. The van der Waals surface area contributed by atoms with Gasteiger partial charge in [-0.15, -0.1) is 11.8 Å². The summed E-state index contributed by atoms with van der Waals surface area (Å²) >= 11 is 1.18. The number of aromatic nitrogens is 1. The van der Waals surface area contributed by atoms with Crippen LogP contribution in [0.2, 0.25) is 0 Å². The first-order chi connectivity index (χ1) is 13.2. The van der Waals surface area contributed by atoms with Crippen LogP contribution >= 0.6 is 11.8 Å². The van der Waals surface area contributed by atoms with Crippen LogP contribution in [0.15, 0.2) is 77.8 Å². The van der Waals surface area contributed by atoms with E-state index in [9.17, 15) is 9.18 Å². The van der Waals surface area contributed by atoms with Crippen molar-refractivity contribution in [3.63, 3.8) is 0 Å². The van der Waals surface area contributed by atoms with Crippen molar-refractivity contribution in [2.24, 2.45) is 0 Å². The quantitative estimate of drug-likeness (QED) is 0.593. The summed E-state index contributed by atoms with van der Waals surface area (Å²) in [6.45, 7) is 0.795. The summed E-state index contributed by atoms with van der Waals surface area (Å²) in [5.74, 6) is 0.186. The van der Waals surface area contributed by atoms with Gasteiger partial charge < -0.3 is 10.1 Å². The van der Waals surface area contributed by atoms with Gasteiger partial charge in [0.2, 0.25) is 11.8 Å². The van der Waals surface area contributed by atoms with Gasteiger partial charge in [0.25, 0.3) is 0 Å². The molecule has 1 aromatic heterocycles. The fraction of sp³-hybridized carbons (Fsp3) is 0.143. The molecule has 0 aliphatic heterocycles. The molecule has 0 saturated carbocycles. The number of carbonyl (C=O) groups is 1. The average molecular weight is 382 g/mol.